The fraction of sp³-hybridized carbons (Fsp3) is 0.500. The molecule has 3 aromatic rings. The van der Waals surface area contributed by atoms with Crippen LogP contribution in [-0.2, 0) is 6.54 Å². The molecule has 3 aliphatic heterocycles. The van der Waals surface area contributed by atoms with Crippen LogP contribution in [0.4, 0.5) is 8.78 Å². The van der Waals surface area contributed by atoms with Crippen molar-refractivity contribution in [2.75, 3.05) is 32.8 Å². The smallest absolute Gasteiger partial charge is 0.261 e. The number of benzene rings is 1. The van der Waals surface area contributed by atoms with E-state index in [4.69, 9.17) is 4.74 Å². The molecule has 2 saturated heterocycles. The van der Waals surface area contributed by atoms with E-state index in [-0.39, 0.29) is 23.9 Å². The molecule has 0 radical (unpaired) electrons. The summed E-state index contributed by atoms with van der Waals surface area (Å²) in [4.78, 5) is 16.5. The number of halogens is 3. The highest BCUT2D eigenvalue weighted by Gasteiger charge is 2.34. The Morgan fingerprint density at radius 1 is 1.21 bits per heavy atom. The van der Waals surface area contributed by atoms with Crippen LogP contribution in [0.3, 0.4) is 0 Å². The van der Waals surface area contributed by atoms with E-state index in [1.165, 1.54) is 49.4 Å². The molecule has 0 saturated carbocycles. The molecule has 39 heavy (non-hydrogen) atoms. The molecule has 1 aromatic carbocycles. The zero-order valence-corrected chi connectivity index (χ0v) is 24.0. The highest BCUT2D eigenvalue weighted by molar-refractivity contribution is 9.10. The third-order valence-electron chi connectivity index (χ3n) is 8.07. The number of nitrogens with one attached hydrogen (secondary N) is 2. The maximum Gasteiger partial charge on any atom is 0.261 e. The van der Waals surface area contributed by atoms with Crippen molar-refractivity contribution in [1.82, 2.24) is 25.3 Å². The van der Waals surface area contributed by atoms with Crippen molar-refractivity contribution in [2.24, 2.45) is 0 Å². The summed E-state index contributed by atoms with van der Waals surface area (Å²) >= 11 is 4.88. The molecule has 7 nitrogen and oxygen atoms in total. The van der Waals surface area contributed by atoms with Crippen LogP contribution in [0, 0.1) is 11.6 Å². The predicted molar refractivity (Wildman–Crippen MR) is 150 cm³/mol. The molecule has 1 amide bonds. The van der Waals surface area contributed by atoms with Crippen molar-refractivity contribution >= 4 is 33.2 Å². The van der Waals surface area contributed by atoms with Crippen LogP contribution in [0.2, 0.25) is 0 Å². The van der Waals surface area contributed by atoms with Crippen molar-refractivity contribution in [3.63, 3.8) is 0 Å². The number of aromatic nitrogens is 2. The summed E-state index contributed by atoms with van der Waals surface area (Å²) in [6, 6.07) is 5.95. The first-order chi connectivity index (χ1) is 19.0. The van der Waals surface area contributed by atoms with Crippen LogP contribution in [0.5, 0.6) is 5.06 Å². The highest BCUT2D eigenvalue weighted by atomic mass is 79.9. The highest BCUT2D eigenvalue weighted by Crippen LogP contribution is 2.43. The molecule has 0 spiro atoms. The van der Waals surface area contributed by atoms with Crippen molar-refractivity contribution in [2.45, 2.75) is 56.7 Å². The molecular formula is C28H32BrF2N5O2S. The summed E-state index contributed by atoms with van der Waals surface area (Å²) in [7, 11) is 0. The molecule has 3 aliphatic rings. The number of ether oxygens (including phenoxy) is 1. The van der Waals surface area contributed by atoms with Crippen molar-refractivity contribution in [1.29, 1.82) is 0 Å². The number of rotatable bonds is 7. The minimum Gasteiger partial charge on any atom is -0.481 e. The van der Waals surface area contributed by atoms with Gasteiger partial charge in [0.05, 0.1) is 33.3 Å². The van der Waals surface area contributed by atoms with Crippen molar-refractivity contribution in [3.8, 4) is 16.3 Å². The van der Waals surface area contributed by atoms with E-state index >= 15 is 0 Å². The molecule has 2 fully saturated rings. The predicted octanol–water partition coefficient (Wildman–Crippen LogP) is 5.16. The molecule has 2 aromatic heterocycles. The van der Waals surface area contributed by atoms with E-state index < -0.39 is 11.6 Å². The van der Waals surface area contributed by atoms with E-state index in [9.17, 15) is 13.6 Å². The number of nitrogens with zero attached hydrogens (tertiary/aromatic N) is 3. The topological polar surface area (TPSA) is 71.4 Å². The number of fused-ring (bicyclic) bond motifs is 3. The molecule has 0 bridgehead atoms. The summed E-state index contributed by atoms with van der Waals surface area (Å²) in [5.41, 5.74) is 2.45. The third kappa shape index (κ3) is 5.77. The van der Waals surface area contributed by atoms with Gasteiger partial charge in [0.15, 0.2) is 16.7 Å². The molecule has 5 heterocycles. The van der Waals surface area contributed by atoms with Gasteiger partial charge in [0.1, 0.15) is 6.61 Å². The van der Waals surface area contributed by atoms with Gasteiger partial charge in [-0.25, -0.2) is 8.78 Å². The van der Waals surface area contributed by atoms with Gasteiger partial charge in [0.25, 0.3) is 5.91 Å². The fourth-order valence-corrected chi connectivity index (χ4v) is 7.51. The Balaban J connectivity index is 1.18. The van der Waals surface area contributed by atoms with Gasteiger partial charge in [-0.2, -0.15) is 5.10 Å². The minimum atomic E-state index is -0.860. The Kier molecular flexibility index (Phi) is 8.02. The minimum absolute atomic E-state index is 0.133. The second-order valence-electron chi connectivity index (χ2n) is 10.6. The monoisotopic (exact) mass is 619 g/mol. The standard InChI is InChI=1S/C28H32BrF2N5O2S/c29-21-15-33-36-10-11-38-28-20(26(21)36)14-25(39-28)27(37)34-24-16-32-18(4-3-9-35-7-1-2-8-35)13-19(24)17-5-6-22(30)23(31)12-17/h5-6,12,14-15,18-19,24,32H,1-4,7-11,13,16H2,(H,34,37)/t18-,19+,24-/m1/s1. The molecular weight excluding hydrogens is 588 g/mol. The van der Waals surface area contributed by atoms with Crippen LogP contribution in [0.1, 0.15) is 53.3 Å². The average molecular weight is 621 g/mol. The zero-order chi connectivity index (χ0) is 26.9. The van der Waals surface area contributed by atoms with Gasteiger partial charge in [-0.1, -0.05) is 17.4 Å². The lowest BCUT2D eigenvalue weighted by Gasteiger charge is -2.38. The van der Waals surface area contributed by atoms with Crippen LogP contribution < -0.4 is 15.4 Å². The fourth-order valence-electron chi connectivity index (χ4n) is 6.06. The van der Waals surface area contributed by atoms with Gasteiger partial charge in [-0.3, -0.25) is 9.48 Å². The van der Waals surface area contributed by atoms with E-state index in [0.29, 0.717) is 35.2 Å². The van der Waals surface area contributed by atoms with Gasteiger partial charge < -0.3 is 20.3 Å². The van der Waals surface area contributed by atoms with E-state index in [0.717, 1.165) is 41.5 Å². The Hall–Kier alpha value is -2.34. The lowest BCUT2D eigenvalue weighted by molar-refractivity contribution is 0.0922. The number of piperidine rings is 1. The first-order valence-corrected chi connectivity index (χ1v) is 15.3. The van der Waals surface area contributed by atoms with E-state index in [1.807, 2.05) is 10.7 Å². The number of carbonyl (C=O) groups is 1. The number of thiophene rings is 1. The summed E-state index contributed by atoms with van der Waals surface area (Å²) in [6.07, 6.45) is 7.15. The largest absolute Gasteiger partial charge is 0.481 e. The Morgan fingerprint density at radius 2 is 2.05 bits per heavy atom. The van der Waals surface area contributed by atoms with Crippen LogP contribution >= 0.6 is 27.3 Å². The number of amides is 1. The molecule has 3 atom stereocenters. The third-order valence-corrected chi connectivity index (χ3v) is 9.70. The molecule has 2 N–H and O–H groups in total. The second-order valence-corrected chi connectivity index (χ2v) is 12.5. The van der Waals surface area contributed by atoms with E-state index in [2.05, 4.69) is 36.6 Å². The van der Waals surface area contributed by atoms with Gasteiger partial charge in [-0.15, -0.1) is 0 Å². The molecule has 208 valence electrons. The maximum absolute atomic E-state index is 14.2. The Bertz CT molecular complexity index is 1340. The molecule has 6 rings (SSSR count). The van der Waals surface area contributed by atoms with Gasteiger partial charge in [0, 0.05) is 24.5 Å². The first kappa shape index (κ1) is 26.9. The second kappa shape index (κ2) is 11.6. The molecule has 11 heteroatoms. The SMILES string of the molecule is O=C(N[C@@H]1CN[C@H](CCCN2CCCC2)C[C@H]1c1ccc(F)c(F)c1)c1cc2c(s1)OCCn1ncc(Br)c1-2. The van der Waals surface area contributed by atoms with Gasteiger partial charge in [-0.05, 0) is 91.4 Å². The number of hydrogen-bond acceptors (Lipinski definition) is 6. The summed E-state index contributed by atoms with van der Waals surface area (Å²) < 4.78 is 36.7. The van der Waals surface area contributed by atoms with Crippen LogP contribution in [0.25, 0.3) is 11.3 Å². The lowest BCUT2D eigenvalue weighted by atomic mass is 9.81. The van der Waals surface area contributed by atoms with Crippen molar-refractivity contribution in [3.05, 3.63) is 57.0 Å². The molecule has 0 aliphatic carbocycles. The summed E-state index contributed by atoms with van der Waals surface area (Å²) in [5, 5.41) is 11.9. The normalized spacial score (nSPS) is 23.1. The number of likely N-dealkylation sites (tertiary alicyclic amines) is 1. The summed E-state index contributed by atoms with van der Waals surface area (Å²) in [6.45, 7) is 5.12. The van der Waals surface area contributed by atoms with Crippen LogP contribution in [-0.4, -0.2) is 65.5 Å². The molecule has 0 unspecified atom stereocenters. The Morgan fingerprint density at radius 3 is 2.87 bits per heavy atom. The van der Waals surface area contributed by atoms with E-state index in [1.54, 1.807) is 12.3 Å². The zero-order valence-electron chi connectivity index (χ0n) is 21.6. The van der Waals surface area contributed by atoms with Gasteiger partial charge >= 0.3 is 0 Å². The quantitative estimate of drug-likeness (QED) is 0.382. The number of hydrogen-bond donors (Lipinski definition) is 2. The van der Waals surface area contributed by atoms with Crippen LogP contribution in [0.15, 0.2) is 34.9 Å². The first-order valence-electron chi connectivity index (χ1n) is 13.7. The summed E-state index contributed by atoms with van der Waals surface area (Å²) in [5.74, 6) is -2.05. The average Bonchev–Trinajstić information content (AvgIpc) is 3.65. The maximum atomic E-state index is 14.2. The van der Waals surface area contributed by atoms with Gasteiger partial charge in [0.2, 0.25) is 0 Å². The Labute approximate surface area is 239 Å². The number of carbonyl (C=O) groups excluding carboxylic acids is 1. The van der Waals surface area contributed by atoms with Crippen molar-refractivity contribution < 1.29 is 18.3 Å². The lowest BCUT2D eigenvalue weighted by Crippen LogP contribution is -2.53.